The standard InChI is InChI=1S/C16H23NO/c1-17-15(11-12-5-4-6-12)13-9-10-18-16-8-3-2-7-14(13)16/h2-3,7-8,12-13,15,17H,4-6,9-11H2,1H3. The van der Waals surface area contributed by atoms with E-state index in [-0.39, 0.29) is 0 Å². The Bertz CT molecular complexity index is 400. The molecule has 1 aliphatic carbocycles. The molecule has 0 spiro atoms. The molecule has 2 unspecified atom stereocenters. The molecule has 2 atom stereocenters. The molecule has 0 amide bonds. The van der Waals surface area contributed by atoms with Gasteiger partial charge in [0.2, 0.25) is 0 Å². The lowest BCUT2D eigenvalue weighted by molar-refractivity contribution is 0.210. The third-order valence-electron chi connectivity index (χ3n) is 4.67. The van der Waals surface area contributed by atoms with Crippen molar-refractivity contribution in [1.82, 2.24) is 5.32 Å². The van der Waals surface area contributed by atoms with Crippen molar-refractivity contribution in [3.63, 3.8) is 0 Å². The average Bonchev–Trinajstić information content (AvgIpc) is 2.38. The SMILES string of the molecule is CNC(CC1CCC1)C1CCOc2ccccc21. The van der Waals surface area contributed by atoms with Crippen molar-refractivity contribution in [2.45, 2.75) is 44.1 Å². The summed E-state index contributed by atoms with van der Waals surface area (Å²) in [6, 6.07) is 9.17. The van der Waals surface area contributed by atoms with Gasteiger partial charge in [-0.15, -0.1) is 0 Å². The Kier molecular flexibility index (Phi) is 3.55. The van der Waals surface area contributed by atoms with Gasteiger partial charge in [-0.25, -0.2) is 0 Å². The monoisotopic (exact) mass is 245 g/mol. The number of para-hydroxylation sites is 1. The topological polar surface area (TPSA) is 21.3 Å². The van der Waals surface area contributed by atoms with E-state index in [1.807, 2.05) is 0 Å². The first-order valence-corrected chi connectivity index (χ1v) is 7.27. The van der Waals surface area contributed by atoms with Crippen molar-refractivity contribution in [2.24, 2.45) is 5.92 Å². The highest BCUT2D eigenvalue weighted by Crippen LogP contribution is 2.39. The van der Waals surface area contributed by atoms with Crippen LogP contribution in [0.3, 0.4) is 0 Å². The van der Waals surface area contributed by atoms with Crippen LogP contribution in [0.15, 0.2) is 24.3 Å². The molecule has 1 fully saturated rings. The lowest BCUT2D eigenvalue weighted by atomic mass is 9.76. The zero-order valence-electron chi connectivity index (χ0n) is 11.2. The highest BCUT2D eigenvalue weighted by atomic mass is 16.5. The largest absolute Gasteiger partial charge is 0.493 e. The fourth-order valence-corrected chi connectivity index (χ4v) is 3.36. The van der Waals surface area contributed by atoms with E-state index in [0.717, 1.165) is 24.7 Å². The predicted octanol–water partition coefficient (Wildman–Crippen LogP) is 3.33. The number of benzene rings is 1. The first kappa shape index (κ1) is 12.0. The third-order valence-corrected chi connectivity index (χ3v) is 4.67. The molecule has 3 rings (SSSR count). The van der Waals surface area contributed by atoms with Gasteiger partial charge in [0.25, 0.3) is 0 Å². The number of hydrogen-bond acceptors (Lipinski definition) is 2. The minimum atomic E-state index is 0.611. The quantitative estimate of drug-likeness (QED) is 0.878. The van der Waals surface area contributed by atoms with Gasteiger partial charge >= 0.3 is 0 Å². The lowest BCUT2D eigenvalue weighted by Crippen LogP contribution is -2.37. The van der Waals surface area contributed by atoms with E-state index in [2.05, 4.69) is 36.6 Å². The van der Waals surface area contributed by atoms with Crippen molar-refractivity contribution in [2.75, 3.05) is 13.7 Å². The summed E-state index contributed by atoms with van der Waals surface area (Å²) in [4.78, 5) is 0. The van der Waals surface area contributed by atoms with Crippen LogP contribution in [-0.4, -0.2) is 19.7 Å². The Labute approximate surface area is 110 Å². The summed E-state index contributed by atoms with van der Waals surface area (Å²) in [5.74, 6) is 2.68. The fourth-order valence-electron chi connectivity index (χ4n) is 3.36. The molecule has 2 heteroatoms. The molecule has 1 N–H and O–H groups in total. The van der Waals surface area contributed by atoms with Crippen molar-refractivity contribution < 1.29 is 4.74 Å². The van der Waals surface area contributed by atoms with Gasteiger partial charge in [-0.05, 0) is 37.4 Å². The Morgan fingerprint density at radius 2 is 2.11 bits per heavy atom. The van der Waals surface area contributed by atoms with Crippen LogP contribution in [0.25, 0.3) is 0 Å². The first-order valence-electron chi connectivity index (χ1n) is 7.27. The fraction of sp³-hybridized carbons (Fsp3) is 0.625. The summed E-state index contributed by atoms with van der Waals surface area (Å²) in [5, 5.41) is 3.56. The zero-order valence-corrected chi connectivity index (χ0v) is 11.2. The van der Waals surface area contributed by atoms with Gasteiger partial charge in [-0.2, -0.15) is 0 Å². The molecule has 1 aromatic carbocycles. The van der Waals surface area contributed by atoms with Crippen LogP contribution in [0.1, 0.15) is 43.6 Å². The molecule has 98 valence electrons. The van der Waals surface area contributed by atoms with Crippen molar-refractivity contribution in [3.05, 3.63) is 29.8 Å². The Hall–Kier alpha value is -1.02. The minimum Gasteiger partial charge on any atom is -0.493 e. The van der Waals surface area contributed by atoms with E-state index in [0.29, 0.717) is 12.0 Å². The van der Waals surface area contributed by atoms with Gasteiger partial charge in [0.15, 0.2) is 0 Å². The van der Waals surface area contributed by atoms with E-state index in [4.69, 9.17) is 4.74 Å². The molecular formula is C16H23NO. The number of fused-ring (bicyclic) bond motifs is 1. The molecule has 2 nitrogen and oxygen atoms in total. The third kappa shape index (κ3) is 2.26. The number of hydrogen-bond donors (Lipinski definition) is 1. The molecule has 1 aliphatic heterocycles. The molecule has 1 aromatic rings. The summed E-state index contributed by atoms with van der Waals surface area (Å²) in [7, 11) is 2.11. The first-order chi connectivity index (χ1) is 8.88. The van der Waals surface area contributed by atoms with Crippen LogP contribution >= 0.6 is 0 Å². The molecule has 0 saturated heterocycles. The van der Waals surface area contributed by atoms with E-state index in [1.54, 1.807) is 0 Å². The smallest absolute Gasteiger partial charge is 0.122 e. The van der Waals surface area contributed by atoms with Gasteiger partial charge in [0, 0.05) is 12.0 Å². The van der Waals surface area contributed by atoms with Crippen LogP contribution in [0.2, 0.25) is 0 Å². The second-order valence-corrected chi connectivity index (χ2v) is 5.71. The maximum Gasteiger partial charge on any atom is 0.122 e. The van der Waals surface area contributed by atoms with Gasteiger partial charge < -0.3 is 10.1 Å². The number of nitrogens with one attached hydrogen (secondary N) is 1. The minimum absolute atomic E-state index is 0.611. The molecule has 2 aliphatic rings. The van der Waals surface area contributed by atoms with E-state index < -0.39 is 0 Å². The number of rotatable bonds is 4. The average molecular weight is 245 g/mol. The second kappa shape index (κ2) is 5.31. The summed E-state index contributed by atoms with van der Waals surface area (Å²) >= 11 is 0. The van der Waals surface area contributed by atoms with Gasteiger partial charge in [-0.1, -0.05) is 37.5 Å². The van der Waals surface area contributed by atoms with Crippen LogP contribution < -0.4 is 10.1 Å². The highest BCUT2D eigenvalue weighted by Gasteiger charge is 2.31. The highest BCUT2D eigenvalue weighted by molar-refractivity contribution is 5.38. The summed E-state index contributed by atoms with van der Waals surface area (Å²) in [5.41, 5.74) is 1.41. The van der Waals surface area contributed by atoms with Crippen LogP contribution in [0.4, 0.5) is 0 Å². The Morgan fingerprint density at radius 1 is 1.28 bits per heavy atom. The van der Waals surface area contributed by atoms with E-state index in [1.165, 1.54) is 31.2 Å². The maximum atomic E-state index is 5.77. The van der Waals surface area contributed by atoms with Gasteiger partial charge in [-0.3, -0.25) is 0 Å². The van der Waals surface area contributed by atoms with Crippen molar-refractivity contribution in [3.8, 4) is 5.75 Å². The second-order valence-electron chi connectivity index (χ2n) is 5.71. The van der Waals surface area contributed by atoms with E-state index in [9.17, 15) is 0 Å². The molecule has 18 heavy (non-hydrogen) atoms. The number of likely N-dealkylation sites (N-methyl/N-ethyl adjacent to an activating group) is 1. The lowest BCUT2D eigenvalue weighted by Gasteiger charge is -2.36. The predicted molar refractivity (Wildman–Crippen MR) is 74.1 cm³/mol. The Balaban J connectivity index is 1.77. The normalized spacial score (nSPS) is 24.8. The van der Waals surface area contributed by atoms with Crippen molar-refractivity contribution >= 4 is 0 Å². The molecular weight excluding hydrogens is 222 g/mol. The molecule has 0 bridgehead atoms. The van der Waals surface area contributed by atoms with Crippen molar-refractivity contribution in [1.29, 1.82) is 0 Å². The molecule has 0 radical (unpaired) electrons. The summed E-state index contributed by atoms with van der Waals surface area (Å²) < 4.78 is 5.77. The summed E-state index contributed by atoms with van der Waals surface area (Å²) in [6.45, 7) is 0.866. The molecule has 1 saturated carbocycles. The zero-order chi connectivity index (χ0) is 12.4. The number of ether oxygens (including phenoxy) is 1. The van der Waals surface area contributed by atoms with Crippen LogP contribution in [0, 0.1) is 5.92 Å². The van der Waals surface area contributed by atoms with Gasteiger partial charge in [0.1, 0.15) is 5.75 Å². The Morgan fingerprint density at radius 3 is 2.83 bits per heavy atom. The summed E-state index contributed by atoms with van der Waals surface area (Å²) in [6.07, 6.45) is 6.78. The van der Waals surface area contributed by atoms with Crippen LogP contribution in [-0.2, 0) is 0 Å². The maximum absolute atomic E-state index is 5.77. The van der Waals surface area contributed by atoms with Crippen LogP contribution in [0.5, 0.6) is 5.75 Å². The van der Waals surface area contributed by atoms with Gasteiger partial charge in [0.05, 0.1) is 6.61 Å². The molecule has 0 aromatic heterocycles. The molecule has 1 heterocycles. The van der Waals surface area contributed by atoms with E-state index >= 15 is 0 Å².